The Kier molecular flexibility index (Phi) is 9.87. The second-order valence-electron chi connectivity index (χ2n) is 5.52. The molecule has 0 saturated heterocycles. The van der Waals surface area contributed by atoms with Crippen molar-refractivity contribution in [1.29, 1.82) is 0 Å². The van der Waals surface area contributed by atoms with E-state index in [1.807, 2.05) is 32.0 Å². The number of rotatable bonds is 10. The van der Waals surface area contributed by atoms with Crippen molar-refractivity contribution in [2.24, 2.45) is 4.99 Å². The maximum Gasteiger partial charge on any atom is 0.191 e. The van der Waals surface area contributed by atoms with Crippen molar-refractivity contribution in [1.82, 2.24) is 10.6 Å². The van der Waals surface area contributed by atoms with Crippen molar-refractivity contribution >= 4 is 5.96 Å². The Balaban J connectivity index is 2.37. The first-order valence-corrected chi connectivity index (χ1v) is 8.43. The Morgan fingerprint density at radius 1 is 1.22 bits per heavy atom. The van der Waals surface area contributed by atoms with Crippen molar-refractivity contribution in [3.05, 3.63) is 29.8 Å². The maximum atomic E-state index is 5.52. The van der Waals surface area contributed by atoms with E-state index in [1.54, 1.807) is 7.11 Å². The predicted octanol–water partition coefficient (Wildman–Crippen LogP) is 2.61. The van der Waals surface area contributed by atoms with Crippen LogP contribution in [0.5, 0.6) is 5.75 Å². The molecule has 0 radical (unpaired) electrons. The third-order valence-electron chi connectivity index (χ3n) is 3.25. The predicted molar refractivity (Wildman–Crippen MR) is 96.4 cm³/mol. The van der Waals surface area contributed by atoms with Crippen LogP contribution in [0.3, 0.4) is 0 Å². The summed E-state index contributed by atoms with van der Waals surface area (Å²) in [4.78, 5) is 4.57. The van der Waals surface area contributed by atoms with Gasteiger partial charge in [0.25, 0.3) is 0 Å². The topological polar surface area (TPSA) is 54.9 Å². The van der Waals surface area contributed by atoms with Crippen LogP contribution in [0.25, 0.3) is 0 Å². The molecule has 0 aliphatic heterocycles. The van der Waals surface area contributed by atoms with Gasteiger partial charge >= 0.3 is 0 Å². The lowest BCUT2D eigenvalue weighted by Gasteiger charge is -2.13. The van der Waals surface area contributed by atoms with E-state index in [0.717, 1.165) is 50.8 Å². The fourth-order valence-electron chi connectivity index (χ4n) is 2.14. The Morgan fingerprint density at radius 3 is 2.70 bits per heavy atom. The average molecular weight is 321 g/mol. The second kappa shape index (κ2) is 11.8. The Labute approximate surface area is 140 Å². The molecule has 5 nitrogen and oxygen atoms in total. The second-order valence-corrected chi connectivity index (χ2v) is 5.52. The molecule has 1 aromatic rings. The summed E-state index contributed by atoms with van der Waals surface area (Å²) in [5.41, 5.74) is 1.20. The van der Waals surface area contributed by atoms with E-state index in [-0.39, 0.29) is 6.10 Å². The van der Waals surface area contributed by atoms with Gasteiger partial charge in [-0.15, -0.1) is 0 Å². The van der Waals surface area contributed by atoms with Gasteiger partial charge < -0.3 is 20.1 Å². The van der Waals surface area contributed by atoms with Gasteiger partial charge in [0.2, 0.25) is 0 Å². The highest BCUT2D eigenvalue weighted by atomic mass is 16.5. The molecule has 5 heteroatoms. The summed E-state index contributed by atoms with van der Waals surface area (Å²) < 4.78 is 10.9. The average Bonchev–Trinajstić information content (AvgIpc) is 2.54. The van der Waals surface area contributed by atoms with Crippen LogP contribution in [0.15, 0.2) is 29.3 Å². The van der Waals surface area contributed by atoms with Gasteiger partial charge in [-0.25, -0.2) is 0 Å². The quantitative estimate of drug-likeness (QED) is 0.395. The Bertz CT molecular complexity index is 461. The maximum absolute atomic E-state index is 5.52. The summed E-state index contributed by atoms with van der Waals surface area (Å²) in [6.07, 6.45) is 2.11. The molecule has 0 aromatic heterocycles. The van der Waals surface area contributed by atoms with Gasteiger partial charge in [0, 0.05) is 26.2 Å². The SMILES string of the molecule is CCNC(=NCCCOC(C)C)NCCc1ccccc1OC. The fourth-order valence-corrected chi connectivity index (χ4v) is 2.14. The van der Waals surface area contributed by atoms with E-state index in [0.29, 0.717) is 0 Å². The number of hydrogen-bond acceptors (Lipinski definition) is 3. The van der Waals surface area contributed by atoms with Gasteiger partial charge in [-0.05, 0) is 45.2 Å². The highest BCUT2D eigenvalue weighted by Gasteiger charge is 2.02. The van der Waals surface area contributed by atoms with E-state index in [4.69, 9.17) is 9.47 Å². The highest BCUT2D eigenvalue weighted by Crippen LogP contribution is 2.17. The van der Waals surface area contributed by atoms with E-state index >= 15 is 0 Å². The number of benzene rings is 1. The van der Waals surface area contributed by atoms with Crippen LogP contribution < -0.4 is 15.4 Å². The minimum Gasteiger partial charge on any atom is -0.496 e. The minimum atomic E-state index is 0.284. The standard InChI is InChI=1S/C18H31N3O2/c1-5-19-18(20-12-8-14-23-15(2)3)21-13-11-16-9-6-7-10-17(16)22-4/h6-7,9-10,15H,5,8,11-14H2,1-4H3,(H2,19,20,21). The summed E-state index contributed by atoms with van der Waals surface area (Å²) in [6, 6.07) is 8.10. The van der Waals surface area contributed by atoms with Crippen molar-refractivity contribution in [3.8, 4) is 5.75 Å². The summed E-state index contributed by atoms with van der Waals surface area (Å²) in [6.45, 7) is 9.34. The van der Waals surface area contributed by atoms with Crippen LogP contribution >= 0.6 is 0 Å². The van der Waals surface area contributed by atoms with Crippen LogP contribution in [0.4, 0.5) is 0 Å². The van der Waals surface area contributed by atoms with E-state index < -0.39 is 0 Å². The van der Waals surface area contributed by atoms with Gasteiger partial charge in [-0.1, -0.05) is 18.2 Å². The summed E-state index contributed by atoms with van der Waals surface area (Å²) in [5, 5.41) is 6.63. The number of para-hydroxylation sites is 1. The van der Waals surface area contributed by atoms with E-state index in [2.05, 4.69) is 28.6 Å². The third kappa shape index (κ3) is 8.45. The summed E-state index contributed by atoms with van der Waals surface area (Å²) >= 11 is 0. The molecule has 0 fully saturated rings. The number of guanidine groups is 1. The molecule has 0 spiro atoms. The first-order chi connectivity index (χ1) is 11.2. The Hall–Kier alpha value is -1.75. The van der Waals surface area contributed by atoms with E-state index in [1.165, 1.54) is 5.56 Å². The molecule has 1 rings (SSSR count). The molecule has 2 N–H and O–H groups in total. The zero-order valence-electron chi connectivity index (χ0n) is 14.9. The molecular formula is C18H31N3O2. The van der Waals surface area contributed by atoms with Crippen LogP contribution in [0.1, 0.15) is 32.8 Å². The van der Waals surface area contributed by atoms with Gasteiger partial charge in [0.05, 0.1) is 13.2 Å². The largest absolute Gasteiger partial charge is 0.496 e. The van der Waals surface area contributed by atoms with E-state index in [9.17, 15) is 0 Å². The molecule has 0 heterocycles. The van der Waals surface area contributed by atoms with Crippen LogP contribution in [-0.4, -0.2) is 45.4 Å². The number of methoxy groups -OCH3 is 1. The minimum absolute atomic E-state index is 0.284. The van der Waals surface area contributed by atoms with Crippen molar-refractivity contribution < 1.29 is 9.47 Å². The van der Waals surface area contributed by atoms with Crippen LogP contribution in [-0.2, 0) is 11.2 Å². The lowest BCUT2D eigenvalue weighted by atomic mass is 10.1. The molecule has 23 heavy (non-hydrogen) atoms. The number of hydrogen-bond donors (Lipinski definition) is 2. The van der Waals surface area contributed by atoms with Gasteiger partial charge in [-0.3, -0.25) is 4.99 Å². The normalized spacial score (nSPS) is 11.6. The zero-order chi connectivity index (χ0) is 16.9. The molecule has 0 aliphatic rings. The van der Waals surface area contributed by atoms with Gasteiger partial charge in [0.1, 0.15) is 5.75 Å². The number of ether oxygens (including phenoxy) is 2. The van der Waals surface area contributed by atoms with Gasteiger partial charge in [0.15, 0.2) is 5.96 Å². The van der Waals surface area contributed by atoms with Crippen molar-refractivity contribution in [2.45, 2.75) is 39.7 Å². The number of aliphatic imine (C=N–C) groups is 1. The monoisotopic (exact) mass is 321 g/mol. The highest BCUT2D eigenvalue weighted by molar-refractivity contribution is 5.79. The molecule has 0 unspecified atom stereocenters. The third-order valence-corrected chi connectivity index (χ3v) is 3.25. The van der Waals surface area contributed by atoms with Crippen LogP contribution in [0, 0.1) is 0 Å². The molecule has 0 amide bonds. The molecule has 0 bridgehead atoms. The Morgan fingerprint density at radius 2 is 2.00 bits per heavy atom. The summed E-state index contributed by atoms with van der Waals surface area (Å²) in [5.74, 6) is 1.79. The molecule has 0 saturated carbocycles. The molecule has 1 aromatic carbocycles. The fraction of sp³-hybridized carbons (Fsp3) is 0.611. The molecule has 0 aliphatic carbocycles. The van der Waals surface area contributed by atoms with Crippen molar-refractivity contribution in [2.75, 3.05) is 33.4 Å². The smallest absolute Gasteiger partial charge is 0.191 e. The molecule has 130 valence electrons. The number of nitrogens with zero attached hydrogens (tertiary/aromatic N) is 1. The summed E-state index contributed by atoms with van der Waals surface area (Å²) in [7, 11) is 1.71. The lowest BCUT2D eigenvalue weighted by molar-refractivity contribution is 0.0782. The van der Waals surface area contributed by atoms with Crippen LogP contribution in [0.2, 0.25) is 0 Å². The first-order valence-electron chi connectivity index (χ1n) is 8.43. The van der Waals surface area contributed by atoms with Gasteiger partial charge in [-0.2, -0.15) is 0 Å². The molecular weight excluding hydrogens is 290 g/mol. The number of nitrogens with one attached hydrogen (secondary N) is 2. The first kappa shape index (κ1) is 19.3. The lowest BCUT2D eigenvalue weighted by Crippen LogP contribution is -2.38. The molecule has 0 atom stereocenters. The zero-order valence-corrected chi connectivity index (χ0v) is 14.9. The van der Waals surface area contributed by atoms with Crippen molar-refractivity contribution in [3.63, 3.8) is 0 Å².